The van der Waals surface area contributed by atoms with E-state index in [1.807, 2.05) is 0 Å². The monoisotopic (exact) mass is 240 g/mol. The van der Waals surface area contributed by atoms with E-state index in [-0.39, 0.29) is 5.91 Å². The number of piperazine rings is 1. The van der Waals surface area contributed by atoms with Crippen LogP contribution in [0.1, 0.15) is 19.3 Å². The van der Waals surface area contributed by atoms with E-state index in [4.69, 9.17) is 5.73 Å². The number of nitrogens with two attached hydrogens (primary N) is 1. The Labute approximate surface area is 103 Å². The van der Waals surface area contributed by atoms with Gasteiger partial charge in [-0.25, -0.2) is 0 Å². The number of amides is 1. The molecule has 0 unspecified atom stereocenters. The molecule has 5 nitrogen and oxygen atoms in total. The Kier molecular flexibility index (Phi) is 4.76. The number of carbonyl (C=O) groups is 1. The summed E-state index contributed by atoms with van der Waals surface area (Å²) < 4.78 is 0. The summed E-state index contributed by atoms with van der Waals surface area (Å²) in [4.78, 5) is 16.3. The number of nitrogens with one attached hydrogen (secondary N) is 1. The van der Waals surface area contributed by atoms with Crippen LogP contribution in [0.5, 0.6) is 0 Å². The minimum Gasteiger partial charge on any atom is -0.353 e. The summed E-state index contributed by atoms with van der Waals surface area (Å²) in [6, 6.07) is 0.490. The Morgan fingerprint density at radius 1 is 1.12 bits per heavy atom. The van der Waals surface area contributed by atoms with Crippen LogP contribution in [0, 0.1) is 0 Å². The molecule has 2 fully saturated rings. The second kappa shape index (κ2) is 6.33. The van der Waals surface area contributed by atoms with Crippen LogP contribution in [0.25, 0.3) is 0 Å². The first-order chi connectivity index (χ1) is 8.28. The first kappa shape index (κ1) is 12.8. The molecule has 1 aliphatic carbocycles. The molecule has 17 heavy (non-hydrogen) atoms. The van der Waals surface area contributed by atoms with Gasteiger partial charge in [0.15, 0.2) is 0 Å². The van der Waals surface area contributed by atoms with Crippen molar-refractivity contribution in [1.82, 2.24) is 15.1 Å². The van der Waals surface area contributed by atoms with E-state index in [1.165, 1.54) is 12.8 Å². The standard InChI is InChI=1S/C12H24N4O/c13-4-6-16-9-7-15(8-10-16)5-3-12(17)14-11-1-2-11/h11H,1-10,13H2,(H,14,17). The van der Waals surface area contributed by atoms with Crippen LogP contribution in [0.3, 0.4) is 0 Å². The molecule has 0 aromatic carbocycles. The maximum atomic E-state index is 11.5. The zero-order chi connectivity index (χ0) is 12.1. The Morgan fingerprint density at radius 2 is 1.71 bits per heavy atom. The highest BCUT2D eigenvalue weighted by molar-refractivity contribution is 5.76. The Balaban J connectivity index is 1.55. The van der Waals surface area contributed by atoms with Crippen molar-refractivity contribution in [2.24, 2.45) is 5.73 Å². The topological polar surface area (TPSA) is 61.6 Å². The van der Waals surface area contributed by atoms with Gasteiger partial charge in [-0.3, -0.25) is 9.69 Å². The highest BCUT2D eigenvalue weighted by Crippen LogP contribution is 2.18. The quantitative estimate of drug-likeness (QED) is 0.640. The Bertz CT molecular complexity index is 247. The summed E-state index contributed by atoms with van der Waals surface area (Å²) in [5, 5.41) is 3.03. The van der Waals surface area contributed by atoms with Crippen LogP contribution in [0.4, 0.5) is 0 Å². The van der Waals surface area contributed by atoms with Crippen molar-refractivity contribution < 1.29 is 4.79 Å². The van der Waals surface area contributed by atoms with Crippen LogP contribution in [0.15, 0.2) is 0 Å². The first-order valence-electron chi connectivity index (χ1n) is 6.72. The molecular weight excluding hydrogens is 216 g/mol. The fourth-order valence-electron chi connectivity index (χ4n) is 2.21. The van der Waals surface area contributed by atoms with Gasteiger partial charge in [-0.1, -0.05) is 0 Å². The van der Waals surface area contributed by atoms with Gasteiger partial charge >= 0.3 is 0 Å². The van der Waals surface area contributed by atoms with E-state index in [0.29, 0.717) is 12.5 Å². The molecular formula is C12H24N4O. The third-order valence-corrected chi connectivity index (χ3v) is 3.51. The van der Waals surface area contributed by atoms with E-state index in [2.05, 4.69) is 15.1 Å². The first-order valence-corrected chi connectivity index (χ1v) is 6.72. The summed E-state index contributed by atoms with van der Waals surface area (Å²) in [6.07, 6.45) is 2.99. The molecule has 0 aromatic heterocycles. The zero-order valence-electron chi connectivity index (χ0n) is 10.5. The van der Waals surface area contributed by atoms with Crippen LogP contribution < -0.4 is 11.1 Å². The molecule has 3 N–H and O–H groups in total. The predicted octanol–water partition coefficient (Wildman–Crippen LogP) is -0.769. The summed E-state index contributed by atoms with van der Waals surface area (Å²) in [5.74, 6) is 0.219. The van der Waals surface area contributed by atoms with E-state index in [0.717, 1.165) is 45.8 Å². The molecule has 0 spiro atoms. The Morgan fingerprint density at radius 3 is 2.24 bits per heavy atom. The van der Waals surface area contributed by atoms with Gasteiger partial charge in [0.05, 0.1) is 0 Å². The second-order valence-corrected chi connectivity index (χ2v) is 5.06. The highest BCUT2D eigenvalue weighted by atomic mass is 16.1. The number of carbonyl (C=O) groups excluding carboxylic acids is 1. The molecule has 1 aliphatic heterocycles. The number of hydrogen-bond acceptors (Lipinski definition) is 4. The third kappa shape index (κ3) is 4.61. The average molecular weight is 240 g/mol. The van der Waals surface area contributed by atoms with Crippen LogP contribution >= 0.6 is 0 Å². The maximum absolute atomic E-state index is 11.5. The smallest absolute Gasteiger partial charge is 0.221 e. The van der Waals surface area contributed by atoms with E-state index >= 15 is 0 Å². The zero-order valence-corrected chi connectivity index (χ0v) is 10.5. The van der Waals surface area contributed by atoms with E-state index < -0.39 is 0 Å². The van der Waals surface area contributed by atoms with E-state index in [1.54, 1.807) is 0 Å². The van der Waals surface area contributed by atoms with Gasteiger partial charge in [0.1, 0.15) is 0 Å². The molecule has 5 heteroatoms. The van der Waals surface area contributed by atoms with Gasteiger partial charge in [-0.2, -0.15) is 0 Å². The minimum atomic E-state index is 0.219. The van der Waals surface area contributed by atoms with Gasteiger partial charge in [0.2, 0.25) is 5.91 Å². The molecule has 98 valence electrons. The van der Waals surface area contributed by atoms with Crippen molar-refractivity contribution in [1.29, 1.82) is 0 Å². The third-order valence-electron chi connectivity index (χ3n) is 3.51. The molecule has 1 heterocycles. The van der Waals surface area contributed by atoms with Crippen LogP contribution in [-0.4, -0.2) is 67.6 Å². The van der Waals surface area contributed by atoms with Crippen LogP contribution in [0.2, 0.25) is 0 Å². The lowest BCUT2D eigenvalue weighted by molar-refractivity contribution is -0.121. The van der Waals surface area contributed by atoms with Crippen molar-refractivity contribution in [3.63, 3.8) is 0 Å². The number of nitrogens with zero attached hydrogens (tertiary/aromatic N) is 2. The van der Waals surface area contributed by atoms with Crippen molar-refractivity contribution in [3.05, 3.63) is 0 Å². The van der Waals surface area contributed by atoms with Gasteiger partial charge < -0.3 is 16.0 Å². The number of hydrogen-bond donors (Lipinski definition) is 2. The lowest BCUT2D eigenvalue weighted by Crippen LogP contribution is -2.48. The molecule has 0 atom stereocenters. The lowest BCUT2D eigenvalue weighted by atomic mass is 10.3. The maximum Gasteiger partial charge on any atom is 0.221 e. The molecule has 0 radical (unpaired) electrons. The normalized spacial score (nSPS) is 22.6. The van der Waals surface area contributed by atoms with Crippen molar-refractivity contribution in [3.8, 4) is 0 Å². The lowest BCUT2D eigenvalue weighted by Gasteiger charge is -2.34. The summed E-state index contributed by atoms with van der Waals surface area (Å²) in [5.41, 5.74) is 5.54. The molecule has 2 aliphatic rings. The molecule has 0 bridgehead atoms. The minimum absolute atomic E-state index is 0.219. The van der Waals surface area contributed by atoms with Crippen molar-refractivity contribution in [2.45, 2.75) is 25.3 Å². The highest BCUT2D eigenvalue weighted by Gasteiger charge is 2.23. The SMILES string of the molecule is NCCN1CCN(CCC(=O)NC2CC2)CC1. The largest absolute Gasteiger partial charge is 0.353 e. The van der Waals surface area contributed by atoms with Gasteiger partial charge in [0, 0.05) is 58.3 Å². The fraction of sp³-hybridized carbons (Fsp3) is 0.917. The molecule has 2 rings (SSSR count). The van der Waals surface area contributed by atoms with Crippen LogP contribution in [-0.2, 0) is 4.79 Å². The van der Waals surface area contributed by atoms with E-state index in [9.17, 15) is 4.79 Å². The Hall–Kier alpha value is -0.650. The fourth-order valence-corrected chi connectivity index (χ4v) is 2.21. The van der Waals surface area contributed by atoms with Gasteiger partial charge in [0.25, 0.3) is 0 Å². The van der Waals surface area contributed by atoms with Crippen molar-refractivity contribution >= 4 is 5.91 Å². The second-order valence-electron chi connectivity index (χ2n) is 5.06. The molecule has 0 aromatic rings. The molecule has 1 amide bonds. The van der Waals surface area contributed by atoms with Gasteiger partial charge in [-0.15, -0.1) is 0 Å². The average Bonchev–Trinajstić information content (AvgIpc) is 3.12. The summed E-state index contributed by atoms with van der Waals surface area (Å²) in [7, 11) is 0. The predicted molar refractivity (Wildman–Crippen MR) is 67.7 cm³/mol. The van der Waals surface area contributed by atoms with Gasteiger partial charge in [-0.05, 0) is 12.8 Å². The summed E-state index contributed by atoms with van der Waals surface area (Å²) in [6.45, 7) is 6.94. The van der Waals surface area contributed by atoms with Crippen molar-refractivity contribution in [2.75, 3.05) is 45.8 Å². The summed E-state index contributed by atoms with van der Waals surface area (Å²) >= 11 is 0. The molecule has 1 saturated carbocycles. The number of rotatable bonds is 6. The molecule has 1 saturated heterocycles.